The molecule has 0 spiro atoms. The molecule has 0 atom stereocenters. The van der Waals surface area contributed by atoms with Crippen LogP contribution < -0.4 is 14.4 Å². The average Bonchev–Trinajstić information content (AvgIpc) is 3.36. The van der Waals surface area contributed by atoms with Crippen molar-refractivity contribution in [3.05, 3.63) is 53.9 Å². The lowest BCUT2D eigenvalue weighted by Gasteiger charge is -2.36. The van der Waals surface area contributed by atoms with Crippen molar-refractivity contribution in [2.75, 3.05) is 37.9 Å². The maximum absolute atomic E-state index is 12.9. The van der Waals surface area contributed by atoms with Crippen molar-refractivity contribution in [1.29, 1.82) is 0 Å². The summed E-state index contributed by atoms with van der Waals surface area (Å²) >= 11 is 0. The summed E-state index contributed by atoms with van der Waals surface area (Å²) < 4.78 is 16.1. The molecule has 2 fully saturated rings. The van der Waals surface area contributed by atoms with Crippen LogP contribution in [0.15, 0.2) is 47.0 Å². The standard InChI is InChI=1S/C23H22N4O4/c28-23(17-5-8-19-20(13-17)30-14-29-19)27-11-9-26(10-12-27)18-6-3-15(4-7-18)21-24-22(31-25-21)16-1-2-16/h3-8,13,16H,1-2,9-12,14H2. The van der Waals surface area contributed by atoms with Crippen molar-refractivity contribution < 1.29 is 18.8 Å². The van der Waals surface area contributed by atoms with Crippen molar-refractivity contribution >= 4 is 11.6 Å². The minimum Gasteiger partial charge on any atom is -0.454 e. The molecule has 0 N–H and O–H groups in total. The van der Waals surface area contributed by atoms with E-state index in [-0.39, 0.29) is 12.7 Å². The van der Waals surface area contributed by atoms with E-state index in [1.165, 1.54) is 0 Å². The van der Waals surface area contributed by atoms with Gasteiger partial charge in [-0.25, -0.2) is 0 Å². The van der Waals surface area contributed by atoms with E-state index in [2.05, 4.69) is 27.2 Å². The smallest absolute Gasteiger partial charge is 0.254 e. The molecule has 0 bridgehead atoms. The van der Waals surface area contributed by atoms with Crippen molar-refractivity contribution in [3.63, 3.8) is 0 Å². The quantitative estimate of drug-likeness (QED) is 0.643. The van der Waals surface area contributed by atoms with Gasteiger partial charge in [0, 0.05) is 48.9 Å². The molecule has 158 valence electrons. The van der Waals surface area contributed by atoms with Crippen molar-refractivity contribution in [2.45, 2.75) is 18.8 Å². The molecular weight excluding hydrogens is 396 g/mol. The number of carbonyl (C=O) groups is 1. The first-order valence-electron chi connectivity index (χ1n) is 10.6. The molecule has 1 aliphatic carbocycles. The van der Waals surface area contributed by atoms with Gasteiger partial charge in [-0.15, -0.1) is 0 Å². The van der Waals surface area contributed by atoms with Gasteiger partial charge in [0.05, 0.1) is 0 Å². The number of piperazine rings is 1. The summed E-state index contributed by atoms with van der Waals surface area (Å²) in [5, 5.41) is 4.11. The first kappa shape index (κ1) is 18.2. The molecular formula is C23H22N4O4. The van der Waals surface area contributed by atoms with Gasteiger partial charge in [-0.05, 0) is 55.3 Å². The Morgan fingerprint density at radius 1 is 0.935 bits per heavy atom. The Hall–Kier alpha value is -3.55. The van der Waals surface area contributed by atoms with Crippen molar-refractivity contribution in [3.8, 4) is 22.9 Å². The zero-order valence-electron chi connectivity index (χ0n) is 17.0. The van der Waals surface area contributed by atoms with Gasteiger partial charge in [0.2, 0.25) is 18.5 Å². The lowest BCUT2D eigenvalue weighted by Crippen LogP contribution is -2.48. The lowest BCUT2D eigenvalue weighted by atomic mass is 10.1. The van der Waals surface area contributed by atoms with Gasteiger partial charge in [-0.3, -0.25) is 4.79 Å². The second kappa shape index (κ2) is 7.30. The number of fused-ring (bicyclic) bond motifs is 1. The predicted octanol–water partition coefficient (Wildman–Crippen LogP) is 3.31. The molecule has 8 nitrogen and oxygen atoms in total. The number of hydrogen-bond donors (Lipinski definition) is 0. The molecule has 1 saturated carbocycles. The number of ether oxygens (including phenoxy) is 2. The van der Waals surface area contributed by atoms with Gasteiger partial charge in [0.25, 0.3) is 5.91 Å². The number of aromatic nitrogens is 2. The highest BCUT2D eigenvalue weighted by Crippen LogP contribution is 2.39. The van der Waals surface area contributed by atoms with Crippen LogP contribution in [0, 0.1) is 0 Å². The van der Waals surface area contributed by atoms with E-state index in [0.717, 1.165) is 43.1 Å². The highest BCUT2D eigenvalue weighted by molar-refractivity contribution is 5.95. The Bertz CT molecular complexity index is 1110. The van der Waals surface area contributed by atoms with E-state index in [9.17, 15) is 4.79 Å². The van der Waals surface area contributed by atoms with Gasteiger partial charge in [0.15, 0.2) is 11.5 Å². The van der Waals surface area contributed by atoms with Gasteiger partial charge >= 0.3 is 0 Å². The minimum atomic E-state index is 0.0249. The van der Waals surface area contributed by atoms with Crippen LogP contribution in [0.25, 0.3) is 11.4 Å². The van der Waals surface area contributed by atoms with Crippen LogP contribution in [0.3, 0.4) is 0 Å². The van der Waals surface area contributed by atoms with Crippen LogP contribution >= 0.6 is 0 Å². The molecule has 1 saturated heterocycles. The molecule has 2 aromatic carbocycles. The number of hydrogen-bond acceptors (Lipinski definition) is 7. The van der Waals surface area contributed by atoms with E-state index in [0.29, 0.717) is 41.9 Å². The minimum absolute atomic E-state index is 0.0249. The van der Waals surface area contributed by atoms with Crippen molar-refractivity contribution in [2.24, 2.45) is 0 Å². The summed E-state index contributed by atoms with van der Waals surface area (Å²) in [7, 11) is 0. The van der Waals surface area contributed by atoms with Gasteiger partial charge in [0.1, 0.15) is 0 Å². The van der Waals surface area contributed by atoms with Crippen LogP contribution in [0.2, 0.25) is 0 Å². The maximum atomic E-state index is 12.9. The van der Waals surface area contributed by atoms with Crippen LogP contribution in [-0.4, -0.2) is 53.9 Å². The Labute approximate surface area is 179 Å². The summed E-state index contributed by atoms with van der Waals surface area (Å²) in [6.45, 7) is 3.11. The van der Waals surface area contributed by atoms with E-state index in [1.807, 2.05) is 17.0 Å². The van der Waals surface area contributed by atoms with Gasteiger partial charge in [-0.1, -0.05) is 5.16 Å². The topological polar surface area (TPSA) is 80.9 Å². The van der Waals surface area contributed by atoms with Crippen LogP contribution in [0.1, 0.15) is 35.0 Å². The third-order valence-electron chi connectivity index (χ3n) is 6.05. The fourth-order valence-corrected chi connectivity index (χ4v) is 4.05. The number of carbonyl (C=O) groups excluding carboxylic acids is 1. The molecule has 2 aliphatic heterocycles. The zero-order valence-corrected chi connectivity index (χ0v) is 17.0. The third-order valence-corrected chi connectivity index (χ3v) is 6.05. The van der Waals surface area contributed by atoms with Gasteiger partial charge in [-0.2, -0.15) is 4.98 Å². The largest absolute Gasteiger partial charge is 0.454 e. The van der Waals surface area contributed by atoms with Crippen LogP contribution in [-0.2, 0) is 0 Å². The number of anilines is 1. The molecule has 6 rings (SSSR count). The van der Waals surface area contributed by atoms with Crippen molar-refractivity contribution in [1.82, 2.24) is 15.0 Å². The summed E-state index contributed by atoms with van der Waals surface area (Å²) in [6, 6.07) is 13.6. The summed E-state index contributed by atoms with van der Waals surface area (Å²) in [5.74, 6) is 3.20. The van der Waals surface area contributed by atoms with E-state index >= 15 is 0 Å². The highest BCUT2D eigenvalue weighted by atomic mass is 16.7. The molecule has 0 radical (unpaired) electrons. The normalized spacial score (nSPS) is 17.8. The summed E-state index contributed by atoms with van der Waals surface area (Å²) in [4.78, 5) is 21.6. The third kappa shape index (κ3) is 3.48. The number of amides is 1. The molecule has 3 heterocycles. The summed E-state index contributed by atoms with van der Waals surface area (Å²) in [6.07, 6.45) is 2.29. The van der Waals surface area contributed by atoms with Crippen LogP contribution in [0.5, 0.6) is 11.5 Å². The van der Waals surface area contributed by atoms with Crippen LogP contribution in [0.4, 0.5) is 5.69 Å². The predicted molar refractivity (Wildman–Crippen MR) is 112 cm³/mol. The maximum Gasteiger partial charge on any atom is 0.254 e. The fourth-order valence-electron chi connectivity index (χ4n) is 4.05. The first-order valence-corrected chi connectivity index (χ1v) is 10.6. The Morgan fingerprint density at radius 2 is 1.71 bits per heavy atom. The highest BCUT2D eigenvalue weighted by Gasteiger charge is 2.30. The zero-order chi connectivity index (χ0) is 20.8. The van der Waals surface area contributed by atoms with E-state index in [4.69, 9.17) is 14.0 Å². The van der Waals surface area contributed by atoms with E-state index < -0.39 is 0 Å². The molecule has 31 heavy (non-hydrogen) atoms. The number of rotatable bonds is 4. The average molecular weight is 418 g/mol. The molecule has 3 aliphatic rings. The Kier molecular flexibility index (Phi) is 4.29. The Balaban J connectivity index is 1.09. The first-order chi connectivity index (χ1) is 15.2. The van der Waals surface area contributed by atoms with E-state index in [1.54, 1.807) is 18.2 Å². The molecule has 0 unspecified atom stereocenters. The molecule has 1 amide bonds. The molecule has 8 heteroatoms. The lowest BCUT2D eigenvalue weighted by molar-refractivity contribution is 0.0746. The monoisotopic (exact) mass is 418 g/mol. The summed E-state index contributed by atoms with van der Waals surface area (Å²) in [5.41, 5.74) is 2.72. The molecule has 1 aromatic heterocycles. The molecule has 3 aromatic rings. The fraction of sp³-hybridized carbons (Fsp3) is 0.348. The Morgan fingerprint density at radius 3 is 2.48 bits per heavy atom. The number of nitrogens with zero attached hydrogens (tertiary/aromatic N) is 4. The number of benzene rings is 2. The SMILES string of the molecule is O=C(c1ccc2c(c1)OCO2)N1CCN(c2ccc(-c3noc(C4CC4)n3)cc2)CC1. The van der Waals surface area contributed by atoms with Gasteiger partial charge < -0.3 is 23.8 Å². The second-order valence-corrected chi connectivity index (χ2v) is 8.12. The second-order valence-electron chi connectivity index (χ2n) is 8.12.